The standard InChI is InChI=1S/C13H13N5O/c1-8-3-4-11(14)10(5-8)13-16-12(17-19-13)9-6-15-18(2)7-9/h3-7H,14H2,1-2H3. The minimum atomic E-state index is 0.417. The normalized spacial score (nSPS) is 10.8. The molecular formula is C13H13N5O. The summed E-state index contributed by atoms with van der Waals surface area (Å²) < 4.78 is 6.96. The molecule has 0 aliphatic rings. The fraction of sp³-hybridized carbons (Fsp3) is 0.154. The number of nitrogens with zero attached hydrogens (tertiary/aromatic N) is 4. The van der Waals surface area contributed by atoms with Gasteiger partial charge in [-0.2, -0.15) is 10.1 Å². The van der Waals surface area contributed by atoms with Crippen LogP contribution in [0.25, 0.3) is 22.8 Å². The molecule has 0 aliphatic carbocycles. The van der Waals surface area contributed by atoms with Crippen LogP contribution in [0.15, 0.2) is 35.1 Å². The number of hydrogen-bond acceptors (Lipinski definition) is 5. The average molecular weight is 255 g/mol. The molecule has 0 bridgehead atoms. The second-order valence-electron chi connectivity index (χ2n) is 4.42. The van der Waals surface area contributed by atoms with Crippen molar-refractivity contribution in [2.45, 2.75) is 6.92 Å². The van der Waals surface area contributed by atoms with E-state index in [9.17, 15) is 0 Å². The van der Waals surface area contributed by atoms with Crippen LogP contribution in [-0.4, -0.2) is 19.9 Å². The van der Waals surface area contributed by atoms with Crippen LogP contribution in [0.1, 0.15) is 5.56 Å². The monoisotopic (exact) mass is 255 g/mol. The van der Waals surface area contributed by atoms with Crippen LogP contribution in [0.2, 0.25) is 0 Å². The van der Waals surface area contributed by atoms with Gasteiger partial charge in [-0.1, -0.05) is 16.8 Å². The van der Waals surface area contributed by atoms with Gasteiger partial charge in [0.05, 0.1) is 17.3 Å². The van der Waals surface area contributed by atoms with E-state index in [0.717, 1.165) is 16.7 Å². The molecule has 1 aromatic carbocycles. The molecule has 0 amide bonds. The van der Waals surface area contributed by atoms with Crippen LogP contribution in [-0.2, 0) is 7.05 Å². The van der Waals surface area contributed by atoms with Crippen molar-refractivity contribution in [1.82, 2.24) is 19.9 Å². The van der Waals surface area contributed by atoms with Gasteiger partial charge in [0.2, 0.25) is 5.82 Å². The smallest absolute Gasteiger partial charge is 0.260 e. The molecule has 0 spiro atoms. The highest BCUT2D eigenvalue weighted by atomic mass is 16.5. The van der Waals surface area contributed by atoms with Gasteiger partial charge >= 0.3 is 0 Å². The Balaban J connectivity index is 2.03. The number of hydrogen-bond donors (Lipinski definition) is 1. The molecule has 0 fully saturated rings. The third-order valence-corrected chi connectivity index (χ3v) is 2.83. The molecule has 0 radical (unpaired) electrons. The highest BCUT2D eigenvalue weighted by Crippen LogP contribution is 2.27. The number of aryl methyl sites for hydroxylation is 2. The van der Waals surface area contributed by atoms with E-state index in [1.165, 1.54) is 0 Å². The molecular weight excluding hydrogens is 242 g/mol. The molecule has 19 heavy (non-hydrogen) atoms. The number of nitrogen functional groups attached to an aromatic ring is 1. The van der Waals surface area contributed by atoms with Crippen molar-refractivity contribution < 1.29 is 4.52 Å². The van der Waals surface area contributed by atoms with Crippen molar-refractivity contribution >= 4 is 5.69 Å². The predicted octanol–water partition coefficient (Wildman–Crippen LogP) is 2.03. The van der Waals surface area contributed by atoms with Crippen molar-refractivity contribution in [1.29, 1.82) is 0 Å². The first kappa shape index (κ1) is 11.5. The molecule has 6 nitrogen and oxygen atoms in total. The van der Waals surface area contributed by atoms with E-state index >= 15 is 0 Å². The van der Waals surface area contributed by atoms with Gasteiger partial charge in [-0.3, -0.25) is 4.68 Å². The quantitative estimate of drug-likeness (QED) is 0.708. The zero-order valence-electron chi connectivity index (χ0n) is 10.7. The Morgan fingerprint density at radius 3 is 2.89 bits per heavy atom. The Morgan fingerprint density at radius 2 is 2.16 bits per heavy atom. The van der Waals surface area contributed by atoms with Gasteiger partial charge in [0, 0.05) is 18.9 Å². The Kier molecular flexibility index (Phi) is 2.56. The maximum absolute atomic E-state index is 5.93. The summed E-state index contributed by atoms with van der Waals surface area (Å²) in [6, 6.07) is 5.70. The van der Waals surface area contributed by atoms with E-state index in [-0.39, 0.29) is 0 Å². The van der Waals surface area contributed by atoms with Crippen LogP contribution in [0.5, 0.6) is 0 Å². The number of aromatic nitrogens is 4. The van der Waals surface area contributed by atoms with Crippen LogP contribution < -0.4 is 5.73 Å². The summed E-state index contributed by atoms with van der Waals surface area (Å²) in [7, 11) is 1.84. The minimum Gasteiger partial charge on any atom is -0.398 e. The molecule has 2 heterocycles. The molecule has 0 aliphatic heterocycles. The van der Waals surface area contributed by atoms with Gasteiger partial charge in [-0.05, 0) is 19.1 Å². The lowest BCUT2D eigenvalue weighted by Crippen LogP contribution is -1.90. The van der Waals surface area contributed by atoms with Crippen LogP contribution in [0.4, 0.5) is 5.69 Å². The molecule has 0 saturated heterocycles. The topological polar surface area (TPSA) is 82.8 Å². The third-order valence-electron chi connectivity index (χ3n) is 2.83. The molecule has 2 N–H and O–H groups in total. The zero-order valence-corrected chi connectivity index (χ0v) is 10.7. The first-order valence-electron chi connectivity index (χ1n) is 5.83. The van der Waals surface area contributed by atoms with Crippen molar-refractivity contribution in [3.8, 4) is 22.8 Å². The fourth-order valence-electron chi connectivity index (χ4n) is 1.84. The van der Waals surface area contributed by atoms with E-state index in [2.05, 4.69) is 15.2 Å². The van der Waals surface area contributed by atoms with E-state index in [1.54, 1.807) is 10.9 Å². The number of rotatable bonds is 2. The summed E-state index contributed by atoms with van der Waals surface area (Å²) in [5, 5.41) is 8.03. The van der Waals surface area contributed by atoms with Crippen LogP contribution >= 0.6 is 0 Å². The lowest BCUT2D eigenvalue weighted by Gasteiger charge is -2.01. The molecule has 3 rings (SSSR count). The summed E-state index contributed by atoms with van der Waals surface area (Å²) in [6.45, 7) is 1.99. The van der Waals surface area contributed by atoms with E-state index < -0.39 is 0 Å². The fourth-order valence-corrected chi connectivity index (χ4v) is 1.84. The lowest BCUT2D eigenvalue weighted by atomic mass is 10.1. The summed E-state index contributed by atoms with van der Waals surface area (Å²) in [6.07, 6.45) is 3.52. The molecule has 0 atom stereocenters. The molecule has 0 unspecified atom stereocenters. The maximum atomic E-state index is 5.93. The Bertz CT molecular complexity index is 728. The van der Waals surface area contributed by atoms with Crippen molar-refractivity contribution in [2.75, 3.05) is 5.73 Å². The van der Waals surface area contributed by atoms with E-state index in [4.69, 9.17) is 10.3 Å². The first-order chi connectivity index (χ1) is 9.13. The second kappa shape index (κ2) is 4.24. The van der Waals surface area contributed by atoms with Gasteiger partial charge in [0.1, 0.15) is 0 Å². The summed E-state index contributed by atoms with van der Waals surface area (Å²) >= 11 is 0. The largest absolute Gasteiger partial charge is 0.398 e. The van der Waals surface area contributed by atoms with Gasteiger partial charge in [0.15, 0.2) is 0 Å². The first-order valence-corrected chi connectivity index (χ1v) is 5.83. The highest BCUT2D eigenvalue weighted by molar-refractivity contribution is 5.72. The minimum absolute atomic E-state index is 0.417. The van der Waals surface area contributed by atoms with Crippen molar-refractivity contribution in [3.05, 3.63) is 36.2 Å². The van der Waals surface area contributed by atoms with Gasteiger partial charge < -0.3 is 10.3 Å². The second-order valence-corrected chi connectivity index (χ2v) is 4.42. The van der Waals surface area contributed by atoms with Gasteiger partial charge in [-0.25, -0.2) is 0 Å². The molecule has 0 saturated carbocycles. The SMILES string of the molecule is Cc1ccc(N)c(-c2nc(-c3cnn(C)c3)no2)c1. The van der Waals surface area contributed by atoms with Crippen LogP contribution in [0, 0.1) is 6.92 Å². The molecule has 6 heteroatoms. The predicted molar refractivity (Wildman–Crippen MR) is 71.1 cm³/mol. The molecule has 3 aromatic rings. The number of benzene rings is 1. The summed E-state index contributed by atoms with van der Waals surface area (Å²) in [4.78, 5) is 4.35. The van der Waals surface area contributed by atoms with Gasteiger partial charge in [-0.15, -0.1) is 0 Å². The van der Waals surface area contributed by atoms with Crippen molar-refractivity contribution in [3.63, 3.8) is 0 Å². The summed E-state index contributed by atoms with van der Waals surface area (Å²) in [5.74, 6) is 0.920. The van der Waals surface area contributed by atoms with Gasteiger partial charge in [0.25, 0.3) is 5.89 Å². The van der Waals surface area contributed by atoms with E-state index in [0.29, 0.717) is 17.4 Å². The summed E-state index contributed by atoms with van der Waals surface area (Å²) in [5.41, 5.74) is 9.20. The van der Waals surface area contributed by atoms with Crippen LogP contribution in [0.3, 0.4) is 0 Å². The molecule has 2 aromatic heterocycles. The maximum Gasteiger partial charge on any atom is 0.260 e. The average Bonchev–Trinajstić information content (AvgIpc) is 3.00. The number of anilines is 1. The Labute approximate surface area is 109 Å². The Hall–Kier alpha value is -2.63. The lowest BCUT2D eigenvalue weighted by molar-refractivity contribution is 0.432. The Morgan fingerprint density at radius 1 is 1.32 bits per heavy atom. The highest BCUT2D eigenvalue weighted by Gasteiger charge is 2.14. The number of nitrogens with two attached hydrogens (primary N) is 1. The molecule has 96 valence electrons. The van der Waals surface area contributed by atoms with E-state index in [1.807, 2.05) is 38.4 Å². The zero-order chi connectivity index (χ0) is 13.4. The third kappa shape index (κ3) is 2.08. The van der Waals surface area contributed by atoms with Crippen molar-refractivity contribution in [2.24, 2.45) is 7.05 Å².